The molecular formula is C45H48N8O4. The SMILES string of the molecule is CN(C)c1ccccc1CC(=O)N1CCC[C@H]1C(=O)Nc1ccc2[nH]c(-c3ccc(-c4cccc(CC(=O)NC(=O)C5CCCN5)c4N(C)C)cc3)c(C#N)c2c1. The smallest absolute Gasteiger partial charge is 0.247 e. The van der Waals surface area contributed by atoms with Gasteiger partial charge < -0.3 is 30.3 Å². The van der Waals surface area contributed by atoms with E-state index in [-0.39, 0.29) is 42.5 Å². The topological polar surface area (TPSA) is 154 Å². The van der Waals surface area contributed by atoms with Crippen LogP contribution in [0.15, 0.2) is 84.9 Å². The third-order valence-electron chi connectivity index (χ3n) is 10.9. The van der Waals surface area contributed by atoms with Gasteiger partial charge >= 0.3 is 0 Å². The predicted molar refractivity (Wildman–Crippen MR) is 224 cm³/mol. The fourth-order valence-electron chi connectivity index (χ4n) is 8.19. The first-order valence-electron chi connectivity index (χ1n) is 19.4. The number of carbonyl (C=O) groups excluding carboxylic acids is 4. The molecule has 292 valence electrons. The summed E-state index contributed by atoms with van der Waals surface area (Å²) < 4.78 is 0. The first kappa shape index (κ1) is 38.8. The van der Waals surface area contributed by atoms with Gasteiger partial charge in [-0.15, -0.1) is 0 Å². The average Bonchev–Trinajstić information content (AvgIpc) is 3.99. The highest BCUT2D eigenvalue weighted by Crippen LogP contribution is 2.37. The summed E-state index contributed by atoms with van der Waals surface area (Å²) in [7, 11) is 7.75. The molecule has 1 aromatic heterocycles. The number of nitrogens with zero attached hydrogens (tertiary/aromatic N) is 4. The van der Waals surface area contributed by atoms with Gasteiger partial charge in [0.25, 0.3) is 0 Å². The van der Waals surface area contributed by atoms with Gasteiger partial charge in [-0.05, 0) is 78.7 Å². The second-order valence-corrected chi connectivity index (χ2v) is 15.2. The summed E-state index contributed by atoms with van der Waals surface area (Å²) >= 11 is 0. The Morgan fingerprint density at radius 3 is 2.30 bits per heavy atom. The number of nitrogens with one attached hydrogen (secondary N) is 4. The summed E-state index contributed by atoms with van der Waals surface area (Å²) in [6, 6.07) is 28.4. The van der Waals surface area contributed by atoms with Crippen molar-refractivity contribution in [3.63, 3.8) is 0 Å². The van der Waals surface area contributed by atoms with E-state index in [0.29, 0.717) is 35.3 Å². The number of aromatic nitrogens is 1. The van der Waals surface area contributed by atoms with Crippen LogP contribution in [0.2, 0.25) is 0 Å². The second-order valence-electron chi connectivity index (χ2n) is 15.2. The number of imide groups is 1. The molecule has 0 spiro atoms. The number of hydrogen-bond donors (Lipinski definition) is 4. The number of nitriles is 1. The highest BCUT2D eigenvalue weighted by atomic mass is 16.2. The van der Waals surface area contributed by atoms with Gasteiger partial charge in [-0.25, -0.2) is 0 Å². The summed E-state index contributed by atoms with van der Waals surface area (Å²) in [6.07, 6.45) is 3.24. The zero-order valence-electron chi connectivity index (χ0n) is 32.8. The van der Waals surface area contributed by atoms with Crippen LogP contribution >= 0.6 is 0 Å². The Labute approximate surface area is 332 Å². The van der Waals surface area contributed by atoms with Crippen LogP contribution < -0.4 is 25.8 Å². The molecular weight excluding hydrogens is 717 g/mol. The lowest BCUT2D eigenvalue weighted by Crippen LogP contribution is -2.43. The zero-order valence-corrected chi connectivity index (χ0v) is 32.8. The van der Waals surface area contributed by atoms with E-state index in [9.17, 15) is 24.4 Å². The molecule has 4 aromatic carbocycles. The Morgan fingerprint density at radius 2 is 1.58 bits per heavy atom. The molecule has 2 aliphatic rings. The van der Waals surface area contributed by atoms with E-state index >= 15 is 0 Å². The van der Waals surface area contributed by atoms with Crippen molar-refractivity contribution in [1.29, 1.82) is 5.26 Å². The number of fused-ring (bicyclic) bond motifs is 1. The van der Waals surface area contributed by atoms with Crippen LogP contribution in [0.5, 0.6) is 0 Å². The number of aromatic amines is 1. The van der Waals surface area contributed by atoms with Crippen molar-refractivity contribution in [2.24, 2.45) is 0 Å². The largest absolute Gasteiger partial charge is 0.377 e. The quantitative estimate of drug-likeness (QED) is 0.135. The van der Waals surface area contributed by atoms with Gasteiger partial charge in [0.1, 0.15) is 12.1 Å². The molecule has 2 atom stereocenters. The standard InChI is InChI=1S/C45H48N8O4/c1-51(2)38-14-6-5-10-30(38)25-41(55)53-23-9-15-39(53)45(57)48-32-20-21-36-34(26-32)35(27-46)42(49-36)29-18-16-28(17-19-29)33-12-7-11-31(43(33)52(3)4)24-40(54)50-44(56)37-13-8-22-47-37/h5-7,10-12,14,16-21,26,37,39,47,49H,8-9,13,15,22-25H2,1-4H3,(H,48,57)(H,50,54,56)/t37?,39-/m0/s1. The normalized spacial score (nSPS) is 16.3. The number of rotatable bonds is 11. The number of anilines is 3. The maximum absolute atomic E-state index is 13.6. The zero-order chi connectivity index (χ0) is 40.2. The summed E-state index contributed by atoms with van der Waals surface area (Å²) in [6.45, 7) is 1.30. The number of amides is 4. The van der Waals surface area contributed by atoms with Gasteiger partial charge in [0.2, 0.25) is 23.6 Å². The minimum Gasteiger partial charge on any atom is -0.377 e. The third-order valence-corrected chi connectivity index (χ3v) is 10.9. The van der Waals surface area contributed by atoms with Gasteiger partial charge in [0.15, 0.2) is 0 Å². The fourth-order valence-corrected chi connectivity index (χ4v) is 8.19. The van der Waals surface area contributed by atoms with Gasteiger partial charge in [0, 0.05) is 68.3 Å². The van der Waals surface area contributed by atoms with E-state index in [2.05, 4.69) is 27.0 Å². The number of benzene rings is 4. The molecule has 12 heteroatoms. The van der Waals surface area contributed by atoms with E-state index in [4.69, 9.17) is 0 Å². The Balaban J connectivity index is 1.07. The second kappa shape index (κ2) is 16.7. The highest BCUT2D eigenvalue weighted by Gasteiger charge is 2.34. The lowest BCUT2D eigenvalue weighted by Gasteiger charge is -2.25. The van der Waals surface area contributed by atoms with E-state index in [0.717, 1.165) is 70.5 Å². The summed E-state index contributed by atoms with van der Waals surface area (Å²) in [5.41, 5.74) is 8.66. The maximum atomic E-state index is 13.6. The number of carbonyl (C=O) groups is 4. The van der Waals surface area contributed by atoms with Gasteiger partial charge in [-0.3, -0.25) is 24.5 Å². The lowest BCUT2D eigenvalue weighted by molar-refractivity contribution is -0.136. The number of H-pyrrole nitrogens is 1. The molecule has 57 heavy (non-hydrogen) atoms. The van der Waals surface area contributed by atoms with Crippen molar-refractivity contribution in [2.75, 3.05) is 56.4 Å². The molecule has 7 rings (SSSR count). The molecule has 12 nitrogen and oxygen atoms in total. The molecule has 3 heterocycles. The van der Waals surface area contributed by atoms with Crippen molar-refractivity contribution in [1.82, 2.24) is 20.5 Å². The van der Waals surface area contributed by atoms with E-state index in [1.54, 1.807) is 17.0 Å². The molecule has 0 bridgehead atoms. The molecule has 2 fully saturated rings. The molecule has 0 radical (unpaired) electrons. The van der Waals surface area contributed by atoms with Gasteiger partial charge in [-0.1, -0.05) is 60.7 Å². The Morgan fingerprint density at radius 1 is 0.825 bits per heavy atom. The Kier molecular flexibility index (Phi) is 11.4. The predicted octanol–water partition coefficient (Wildman–Crippen LogP) is 5.62. The molecule has 4 amide bonds. The van der Waals surface area contributed by atoms with Crippen molar-refractivity contribution in [2.45, 2.75) is 50.6 Å². The number of likely N-dealkylation sites (tertiary alicyclic amines) is 1. The van der Waals surface area contributed by atoms with Gasteiger partial charge in [-0.2, -0.15) is 5.26 Å². The van der Waals surface area contributed by atoms with Crippen LogP contribution in [0.1, 0.15) is 42.4 Å². The minimum absolute atomic E-state index is 0.0596. The van der Waals surface area contributed by atoms with Gasteiger partial charge in [0.05, 0.1) is 30.1 Å². The molecule has 2 aliphatic heterocycles. The molecule has 0 saturated carbocycles. The van der Waals surface area contributed by atoms with E-state index in [1.165, 1.54) is 0 Å². The first-order valence-corrected chi connectivity index (χ1v) is 19.4. The molecule has 1 unspecified atom stereocenters. The van der Waals surface area contributed by atoms with Crippen molar-refractivity contribution in [3.8, 4) is 28.5 Å². The Bertz CT molecular complexity index is 2370. The van der Waals surface area contributed by atoms with Crippen molar-refractivity contribution < 1.29 is 19.2 Å². The van der Waals surface area contributed by atoms with Crippen LogP contribution in [0.4, 0.5) is 17.1 Å². The van der Waals surface area contributed by atoms with Crippen LogP contribution in [-0.2, 0) is 32.0 Å². The molecule has 2 saturated heterocycles. The maximum Gasteiger partial charge on any atom is 0.247 e. The van der Waals surface area contributed by atoms with Crippen LogP contribution in [0.25, 0.3) is 33.3 Å². The van der Waals surface area contributed by atoms with E-state index in [1.807, 2.05) is 111 Å². The highest BCUT2D eigenvalue weighted by molar-refractivity contribution is 6.02. The van der Waals surface area contributed by atoms with Crippen LogP contribution in [-0.4, -0.2) is 86.9 Å². The monoisotopic (exact) mass is 764 g/mol. The van der Waals surface area contributed by atoms with Crippen molar-refractivity contribution >= 4 is 51.6 Å². The average molecular weight is 765 g/mol. The molecule has 4 N–H and O–H groups in total. The summed E-state index contributed by atoms with van der Waals surface area (Å²) in [5, 5.41) is 19.8. The third kappa shape index (κ3) is 8.25. The summed E-state index contributed by atoms with van der Waals surface area (Å²) in [4.78, 5) is 61.7. The van der Waals surface area contributed by atoms with Crippen LogP contribution in [0.3, 0.4) is 0 Å². The first-order chi connectivity index (χ1) is 27.5. The minimum atomic E-state index is -0.579. The lowest BCUT2D eigenvalue weighted by atomic mass is 9.96. The number of para-hydroxylation sites is 2. The fraction of sp³-hybridized carbons (Fsp3) is 0.311. The van der Waals surface area contributed by atoms with Crippen molar-refractivity contribution in [3.05, 3.63) is 102 Å². The molecule has 0 aliphatic carbocycles. The molecule has 5 aromatic rings. The van der Waals surface area contributed by atoms with E-state index < -0.39 is 6.04 Å². The summed E-state index contributed by atoms with van der Waals surface area (Å²) in [5.74, 6) is -0.956. The van der Waals surface area contributed by atoms with Crippen LogP contribution in [0, 0.1) is 11.3 Å². The number of hydrogen-bond acceptors (Lipinski definition) is 8. The Hall–Kier alpha value is -6.45.